The summed E-state index contributed by atoms with van der Waals surface area (Å²) < 4.78 is 6.52. The van der Waals surface area contributed by atoms with E-state index in [0.29, 0.717) is 0 Å². The summed E-state index contributed by atoms with van der Waals surface area (Å²) in [5.41, 5.74) is 22.5. The van der Waals surface area contributed by atoms with Crippen LogP contribution in [0.3, 0.4) is 0 Å². The van der Waals surface area contributed by atoms with Crippen molar-refractivity contribution < 1.29 is 4.42 Å². The van der Waals surface area contributed by atoms with E-state index < -0.39 is 5.41 Å². The van der Waals surface area contributed by atoms with E-state index in [1.165, 1.54) is 72.0 Å². The van der Waals surface area contributed by atoms with Gasteiger partial charge in [0.15, 0.2) is 0 Å². The Balaban J connectivity index is 0.974. The number of furan rings is 1. The lowest BCUT2D eigenvalue weighted by atomic mass is 9.70. The van der Waals surface area contributed by atoms with Crippen molar-refractivity contribution in [3.05, 3.63) is 301 Å². The summed E-state index contributed by atoms with van der Waals surface area (Å²) in [7, 11) is 0. The third-order valence-electron chi connectivity index (χ3n) is 15.7. The average molecular weight is 943 g/mol. The molecule has 2 aliphatic carbocycles. The predicted octanol–water partition coefficient (Wildman–Crippen LogP) is 19.4. The van der Waals surface area contributed by atoms with E-state index in [1.807, 2.05) is 6.07 Å². The molecule has 0 bridgehead atoms. The van der Waals surface area contributed by atoms with Crippen molar-refractivity contribution in [1.82, 2.24) is 0 Å². The zero-order valence-corrected chi connectivity index (χ0v) is 40.4. The number of para-hydroxylation sites is 3. The van der Waals surface area contributed by atoms with Crippen molar-refractivity contribution in [1.29, 1.82) is 0 Å². The topological polar surface area (TPSA) is 19.6 Å². The van der Waals surface area contributed by atoms with E-state index in [-0.39, 0.29) is 0 Å². The fourth-order valence-electron chi connectivity index (χ4n) is 12.6. The number of nitrogens with zero attached hydrogens (tertiary/aromatic N) is 2. The van der Waals surface area contributed by atoms with Gasteiger partial charge in [-0.3, -0.25) is 0 Å². The number of hydrogen-bond acceptors (Lipinski definition) is 3. The van der Waals surface area contributed by atoms with Crippen LogP contribution in [0.1, 0.15) is 22.3 Å². The molecule has 12 aromatic carbocycles. The highest BCUT2D eigenvalue weighted by Gasteiger charge is 2.52. The molecule has 346 valence electrons. The quantitative estimate of drug-likeness (QED) is 0.151. The van der Waals surface area contributed by atoms with Crippen LogP contribution < -0.4 is 9.80 Å². The standard InChI is InChI=1S/C71H46N2O/c1-4-19-47(20-5-1)48-35-37-50(38-36-48)69-55-26-11-10-21-49(55)39-44-66(69)73(52-24-8-3-9-25-52)54-41-43-59-57-28-13-16-31-62(57)71(64(59)46-54)61-30-15-12-27-56(61)58-42-40-53(45-63(58)71)72(51-22-6-2-7-23-51)65-32-18-34-68-70(65)60-29-14-17-33-67(60)74-68/h1-46H. The lowest BCUT2D eigenvalue weighted by molar-refractivity contribution is 0.669. The van der Waals surface area contributed by atoms with E-state index in [9.17, 15) is 0 Å². The van der Waals surface area contributed by atoms with E-state index >= 15 is 0 Å². The smallest absolute Gasteiger partial charge is 0.137 e. The summed E-state index contributed by atoms with van der Waals surface area (Å²) >= 11 is 0. The van der Waals surface area contributed by atoms with Crippen molar-refractivity contribution >= 4 is 66.8 Å². The van der Waals surface area contributed by atoms with Crippen molar-refractivity contribution in [2.45, 2.75) is 5.41 Å². The van der Waals surface area contributed by atoms with Gasteiger partial charge in [-0.1, -0.05) is 206 Å². The fourth-order valence-corrected chi connectivity index (χ4v) is 12.6. The molecule has 0 N–H and O–H groups in total. The molecular formula is C71H46N2O. The van der Waals surface area contributed by atoms with Gasteiger partial charge in [0.25, 0.3) is 0 Å². The molecule has 1 spiro atoms. The van der Waals surface area contributed by atoms with Crippen LogP contribution in [-0.4, -0.2) is 0 Å². The van der Waals surface area contributed by atoms with Gasteiger partial charge in [0.2, 0.25) is 0 Å². The number of fused-ring (bicyclic) bond motifs is 14. The number of benzene rings is 12. The summed E-state index contributed by atoms with van der Waals surface area (Å²) in [5.74, 6) is 0. The summed E-state index contributed by atoms with van der Waals surface area (Å²) in [6.07, 6.45) is 0. The van der Waals surface area contributed by atoms with Crippen molar-refractivity contribution in [3.8, 4) is 44.5 Å². The summed E-state index contributed by atoms with van der Waals surface area (Å²) in [4.78, 5) is 4.90. The molecule has 3 nitrogen and oxygen atoms in total. The van der Waals surface area contributed by atoms with Gasteiger partial charge in [-0.05, 0) is 145 Å². The minimum atomic E-state index is -0.636. The van der Waals surface area contributed by atoms with E-state index in [4.69, 9.17) is 4.42 Å². The second kappa shape index (κ2) is 16.7. The Morgan fingerprint density at radius 1 is 0.284 bits per heavy atom. The molecule has 1 aromatic heterocycles. The molecule has 0 saturated carbocycles. The Morgan fingerprint density at radius 3 is 1.42 bits per heavy atom. The number of rotatable bonds is 8. The number of anilines is 6. The van der Waals surface area contributed by atoms with Crippen LogP contribution in [0.5, 0.6) is 0 Å². The van der Waals surface area contributed by atoms with Crippen LogP contribution in [0.15, 0.2) is 283 Å². The van der Waals surface area contributed by atoms with Gasteiger partial charge in [0, 0.05) is 33.7 Å². The van der Waals surface area contributed by atoms with E-state index in [1.54, 1.807) is 0 Å². The van der Waals surface area contributed by atoms with E-state index in [2.05, 4.69) is 283 Å². The zero-order valence-electron chi connectivity index (χ0n) is 40.4. The number of hydrogen-bond donors (Lipinski definition) is 0. The minimum absolute atomic E-state index is 0.636. The maximum Gasteiger partial charge on any atom is 0.137 e. The van der Waals surface area contributed by atoms with Crippen LogP contribution in [0.2, 0.25) is 0 Å². The first-order valence-electron chi connectivity index (χ1n) is 25.5. The summed E-state index contributed by atoms with van der Waals surface area (Å²) in [6.45, 7) is 0. The molecule has 0 amide bonds. The Labute approximate surface area is 430 Å². The van der Waals surface area contributed by atoms with Gasteiger partial charge in [-0.2, -0.15) is 0 Å². The molecule has 74 heavy (non-hydrogen) atoms. The van der Waals surface area contributed by atoms with Crippen LogP contribution in [0.4, 0.5) is 34.1 Å². The Morgan fingerprint density at radius 2 is 0.770 bits per heavy atom. The largest absolute Gasteiger partial charge is 0.456 e. The van der Waals surface area contributed by atoms with Gasteiger partial charge in [-0.15, -0.1) is 0 Å². The van der Waals surface area contributed by atoms with Crippen molar-refractivity contribution in [2.75, 3.05) is 9.80 Å². The SMILES string of the molecule is c1ccc(-c2ccc(-c3c(N(c4ccccc4)c4ccc5c(c4)C4(c6ccccc6-5)c5ccccc5-c5ccc(N(c6ccccc6)c6cccc7oc8ccccc8c67)cc54)ccc4ccccc34)cc2)cc1. The molecule has 0 aliphatic heterocycles. The highest BCUT2D eigenvalue weighted by molar-refractivity contribution is 6.13. The molecule has 1 atom stereocenters. The molecule has 13 aromatic rings. The molecule has 3 heteroatoms. The lowest BCUT2D eigenvalue weighted by Gasteiger charge is -2.34. The third kappa shape index (κ3) is 6.27. The summed E-state index contributed by atoms with van der Waals surface area (Å²) in [5, 5.41) is 4.59. The van der Waals surface area contributed by atoms with Gasteiger partial charge >= 0.3 is 0 Å². The normalized spacial score (nSPS) is 14.0. The van der Waals surface area contributed by atoms with Crippen molar-refractivity contribution in [2.24, 2.45) is 0 Å². The molecule has 15 rings (SSSR count). The first-order chi connectivity index (χ1) is 36.7. The van der Waals surface area contributed by atoms with Gasteiger partial charge < -0.3 is 14.2 Å². The van der Waals surface area contributed by atoms with Crippen LogP contribution in [0.25, 0.3) is 77.2 Å². The average Bonchev–Trinajstić information content (AvgIpc) is 4.25. The van der Waals surface area contributed by atoms with Crippen LogP contribution in [0, 0.1) is 0 Å². The second-order valence-electron chi connectivity index (χ2n) is 19.5. The Bertz CT molecular complexity index is 4300. The first kappa shape index (κ1) is 42.0. The lowest BCUT2D eigenvalue weighted by Crippen LogP contribution is -2.26. The third-order valence-corrected chi connectivity index (χ3v) is 15.7. The highest BCUT2D eigenvalue weighted by Crippen LogP contribution is 2.64. The predicted molar refractivity (Wildman–Crippen MR) is 308 cm³/mol. The van der Waals surface area contributed by atoms with Crippen molar-refractivity contribution in [3.63, 3.8) is 0 Å². The molecule has 0 fully saturated rings. The molecule has 1 heterocycles. The highest BCUT2D eigenvalue weighted by atomic mass is 16.3. The first-order valence-corrected chi connectivity index (χ1v) is 25.5. The maximum atomic E-state index is 6.52. The molecule has 0 radical (unpaired) electrons. The van der Waals surface area contributed by atoms with Gasteiger partial charge in [-0.25, -0.2) is 0 Å². The monoisotopic (exact) mass is 942 g/mol. The zero-order chi connectivity index (χ0) is 48.7. The molecule has 1 unspecified atom stereocenters. The molecular weight excluding hydrogens is 897 g/mol. The molecule has 0 saturated heterocycles. The maximum absolute atomic E-state index is 6.52. The van der Waals surface area contributed by atoms with Crippen LogP contribution >= 0.6 is 0 Å². The van der Waals surface area contributed by atoms with Gasteiger partial charge in [0.05, 0.1) is 22.2 Å². The fraction of sp³-hybridized carbons (Fsp3) is 0.0141. The molecule has 2 aliphatic rings. The van der Waals surface area contributed by atoms with E-state index in [0.717, 1.165) is 61.6 Å². The second-order valence-corrected chi connectivity index (χ2v) is 19.5. The Hall–Kier alpha value is -9.70. The minimum Gasteiger partial charge on any atom is -0.456 e. The van der Waals surface area contributed by atoms with Gasteiger partial charge in [0.1, 0.15) is 11.2 Å². The van der Waals surface area contributed by atoms with Crippen LogP contribution in [-0.2, 0) is 5.41 Å². The summed E-state index contributed by atoms with van der Waals surface area (Å²) in [6, 6.07) is 102. The Kier molecular flexibility index (Phi) is 9.48.